The molecule has 1 aliphatic heterocycles. The van der Waals surface area contributed by atoms with E-state index in [1.54, 1.807) is 16.8 Å². The SMILES string of the molecule is CCNC1CN(c2cnc(C(=O)Nc3cn4cc(C)nc4c(OC)n3)cn2)CC1F. The van der Waals surface area contributed by atoms with Crippen molar-refractivity contribution in [1.82, 2.24) is 29.7 Å². The van der Waals surface area contributed by atoms with E-state index in [0.29, 0.717) is 36.3 Å². The zero-order valence-corrected chi connectivity index (χ0v) is 17.0. The smallest absolute Gasteiger partial charge is 0.277 e. The maximum absolute atomic E-state index is 14.1. The second-order valence-electron chi connectivity index (χ2n) is 7.05. The van der Waals surface area contributed by atoms with E-state index in [1.807, 2.05) is 18.7 Å². The summed E-state index contributed by atoms with van der Waals surface area (Å²) in [7, 11) is 1.49. The first-order valence-electron chi connectivity index (χ1n) is 9.64. The molecule has 0 bridgehead atoms. The zero-order chi connectivity index (χ0) is 21.3. The Bertz CT molecular complexity index is 1050. The molecule has 3 aromatic rings. The fourth-order valence-electron chi connectivity index (χ4n) is 3.48. The van der Waals surface area contributed by atoms with Crippen molar-refractivity contribution in [1.29, 1.82) is 0 Å². The molecule has 1 amide bonds. The van der Waals surface area contributed by atoms with Crippen LogP contribution < -0.4 is 20.3 Å². The van der Waals surface area contributed by atoms with Gasteiger partial charge in [0.2, 0.25) is 5.65 Å². The lowest BCUT2D eigenvalue weighted by molar-refractivity contribution is 0.102. The molecule has 1 fully saturated rings. The second kappa shape index (κ2) is 8.19. The van der Waals surface area contributed by atoms with Crippen LogP contribution >= 0.6 is 0 Å². The van der Waals surface area contributed by atoms with Crippen molar-refractivity contribution in [2.45, 2.75) is 26.1 Å². The van der Waals surface area contributed by atoms with Crippen LogP contribution in [0.4, 0.5) is 16.0 Å². The van der Waals surface area contributed by atoms with Crippen molar-refractivity contribution >= 4 is 23.2 Å². The number of imidazole rings is 1. The number of carbonyl (C=O) groups is 1. The predicted octanol–water partition coefficient (Wildman–Crippen LogP) is 1.22. The molecule has 30 heavy (non-hydrogen) atoms. The molecule has 4 heterocycles. The Morgan fingerprint density at radius 2 is 2.10 bits per heavy atom. The monoisotopic (exact) mass is 414 g/mol. The minimum atomic E-state index is -0.975. The number of methoxy groups -OCH3 is 1. The predicted molar refractivity (Wildman–Crippen MR) is 109 cm³/mol. The van der Waals surface area contributed by atoms with Crippen molar-refractivity contribution in [3.63, 3.8) is 0 Å². The molecule has 0 saturated carbocycles. The van der Waals surface area contributed by atoms with Gasteiger partial charge in [0, 0.05) is 12.7 Å². The Kier molecular flexibility index (Phi) is 5.44. The number of nitrogens with one attached hydrogen (secondary N) is 2. The number of hydrogen-bond acceptors (Lipinski definition) is 8. The van der Waals surface area contributed by atoms with Gasteiger partial charge in [0.05, 0.1) is 44.0 Å². The molecule has 3 aromatic heterocycles. The van der Waals surface area contributed by atoms with Crippen molar-refractivity contribution < 1.29 is 13.9 Å². The molecule has 10 nitrogen and oxygen atoms in total. The van der Waals surface area contributed by atoms with Crippen LogP contribution in [-0.2, 0) is 0 Å². The normalized spacial score (nSPS) is 18.7. The highest BCUT2D eigenvalue weighted by Gasteiger charge is 2.33. The maximum atomic E-state index is 14.1. The van der Waals surface area contributed by atoms with Crippen molar-refractivity contribution in [3.05, 3.63) is 36.2 Å². The number of likely N-dealkylation sites (N-methyl/N-ethyl adjacent to an activating group) is 1. The zero-order valence-electron chi connectivity index (χ0n) is 17.0. The van der Waals surface area contributed by atoms with Gasteiger partial charge in [0.15, 0.2) is 5.82 Å². The first-order valence-corrected chi connectivity index (χ1v) is 9.64. The number of hydrogen-bond donors (Lipinski definition) is 2. The summed E-state index contributed by atoms with van der Waals surface area (Å²) in [5, 5.41) is 5.81. The van der Waals surface area contributed by atoms with Gasteiger partial charge in [-0.1, -0.05) is 6.92 Å². The Morgan fingerprint density at radius 1 is 1.27 bits per heavy atom. The molecule has 1 aliphatic rings. The van der Waals surface area contributed by atoms with Gasteiger partial charge in [0.25, 0.3) is 11.8 Å². The number of carbonyl (C=O) groups excluding carboxylic acids is 1. The lowest BCUT2D eigenvalue weighted by atomic mass is 10.2. The molecule has 0 spiro atoms. The maximum Gasteiger partial charge on any atom is 0.277 e. The third kappa shape index (κ3) is 3.88. The van der Waals surface area contributed by atoms with Crippen LogP contribution in [0, 0.1) is 6.92 Å². The van der Waals surface area contributed by atoms with E-state index in [2.05, 4.69) is 30.6 Å². The first-order chi connectivity index (χ1) is 14.5. The Hall–Kier alpha value is -3.34. The van der Waals surface area contributed by atoms with Gasteiger partial charge in [-0.05, 0) is 13.5 Å². The molecule has 158 valence electrons. The quantitative estimate of drug-likeness (QED) is 0.620. The van der Waals surface area contributed by atoms with E-state index in [0.717, 1.165) is 5.69 Å². The molecule has 4 rings (SSSR count). The lowest BCUT2D eigenvalue weighted by Crippen LogP contribution is -2.37. The standard InChI is InChI=1S/C19H23FN8O2/c1-4-21-14-9-27(8-12(14)20)16-6-22-13(5-23-16)18(29)25-15-10-28-7-11(2)24-17(28)19(26-15)30-3/h5-7,10,12,14,21H,4,8-9H2,1-3H3,(H,25,29). The topological polar surface area (TPSA) is 110 Å². The highest BCUT2D eigenvalue weighted by Crippen LogP contribution is 2.21. The van der Waals surface area contributed by atoms with E-state index in [1.165, 1.54) is 19.5 Å². The fraction of sp³-hybridized carbons (Fsp3) is 0.421. The number of ether oxygens (including phenoxy) is 1. The van der Waals surface area contributed by atoms with Crippen LogP contribution in [0.3, 0.4) is 0 Å². The average molecular weight is 414 g/mol. The van der Waals surface area contributed by atoms with E-state index >= 15 is 0 Å². The van der Waals surface area contributed by atoms with Crippen LogP contribution in [0.15, 0.2) is 24.8 Å². The van der Waals surface area contributed by atoms with E-state index in [4.69, 9.17) is 4.74 Å². The molecule has 11 heteroatoms. The third-order valence-corrected chi connectivity index (χ3v) is 4.87. The molecule has 1 saturated heterocycles. The van der Waals surface area contributed by atoms with Crippen LogP contribution in [0.5, 0.6) is 5.88 Å². The Labute approximate surface area is 172 Å². The molecular formula is C19H23FN8O2. The summed E-state index contributed by atoms with van der Waals surface area (Å²) in [5.74, 6) is 0.660. The molecule has 0 aliphatic carbocycles. The fourth-order valence-corrected chi connectivity index (χ4v) is 3.48. The number of anilines is 2. The van der Waals surface area contributed by atoms with Crippen molar-refractivity contribution in [3.8, 4) is 5.88 Å². The molecule has 2 unspecified atom stereocenters. The van der Waals surface area contributed by atoms with E-state index in [-0.39, 0.29) is 18.3 Å². The van der Waals surface area contributed by atoms with E-state index < -0.39 is 12.1 Å². The number of halogens is 1. The van der Waals surface area contributed by atoms with Crippen LogP contribution in [0.2, 0.25) is 0 Å². The summed E-state index contributed by atoms with van der Waals surface area (Å²) < 4.78 is 21.1. The highest BCUT2D eigenvalue weighted by atomic mass is 19.1. The number of aromatic nitrogens is 5. The minimum Gasteiger partial charge on any atom is -0.478 e. The summed E-state index contributed by atoms with van der Waals surface area (Å²) in [6.07, 6.45) is 5.32. The average Bonchev–Trinajstić information content (AvgIpc) is 3.29. The Morgan fingerprint density at radius 3 is 2.80 bits per heavy atom. The third-order valence-electron chi connectivity index (χ3n) is 4.87. The second-order valence-corrected chi connectivity index (χ2v) is 7.05. The first kappa shape index (κ1) is 20.0. The summed E-state index contributed by atoms with van der Waals surface area (Å²) in [5.41, 5.74) is 1.49. The highest BCUT2D eigenvalue weighted by molar-refractivity contribution is 6.02. The summed E-state index contributed by atoms with van der Waals surface area (Å²) >= 11 is 0. The van der Waals surface area contributed by atoms with Crippen LogP contribution in [0.1, 0.15) is 23.1 Å². The van der Waals surface area contributed by atoms with Gasteiger partial charge in [0.1, 0.15) is 17.7 Å². The number of rotatable bonds is 6. The summed E-state index contributed by atoms with van der Waals surface area (Å²) in [6.45, 7) is 5.24. The van der Waals surface area contributed by atoms with E-state index in [9.17, 15) is 9.18 Å². The number of fused-ring (bicyclic) bond motifs is 1. The number of aryl methyl sites for hydroxylation is 1. The van der Waals surface area contributed by atoms with Gasteiger partial charge in [-0.15, -0.1) is 0 Å². The molecular weight excluding hydrogens is 391 g/mol. The van der Waals surface area contributed by atoms with Gasteiger partial charge >= 0.3 is 0 Å². The number of alkyl halides is 1. The van der Waals surface area contributed by atoms with Gasteiger partial charge in [-0.2, -0.15) is 4.98 Å². The van der Waals surface area contributed by atoms with Gasteiger partial charge in [-0.3, -0.25) is 9.20 Å². The molecule has 2 atom stereocenters. The molecule has 0 radical (unpaired) electrons. The molecule has 2 N–H and O–H groups in total. The van der Waals surface area contributed by atoms with Gasteiger partial charge in [-0.25, -0.2) is 19.3 Å². The van der Waals surface area contributed by atoms with Crippen molar-refractivity contribution in [2.24, 2.45) is 0 Å². The molecule has 0 aromatic carbocycles. The van der Waals surface area contributed by atoms with Crippen molar-refractivity contribution in [2.75, 3.05) is 37.0 Å². The minimum absolute atomic E-state index is 0.126. The summed E-state index contributed by atoms with van der Waals surface area (Å²) in [4.78, 5) is 31.5. The van der Waals surface area contributed by atoms with Crippen LogP contribution in [-0.4, -0.2) is 69.2 Å². The summed E-state index contributed by atoms with van der Waals surface area (Å²) in [6, 6.07) is -0.234. The largest absolute Gasteiger partial charge is 0.478 e. The van der Waals surface area contributed by atoms with Gasteiger partial charge < -0.3 is 20.3 Å². The lowest BCUT2D eigenvalue weighted by Gasteiger charge is -2.16. The number of amides is 1. The van der Waals surface area contributed by atoms with Crippen LogP contribution in [0.25, 0.3) is 5.65 Å². The number of nitrogens with zero attached hydrogens (tertiary/aromatic N) is 6. The Balaban J connectivity index is 1.47.